The highest BCUT2D eigenvalue weighted by atomic mass is 32.2. The van der Waals surface area contributed by atoms with Crippen LogP contribution in [0.25, 0.3) is 11.5 Å². The van der Waals surface area contributed by atoms with Crippen molar-refractivity contribution in [2.24, 2.45) is 0 Å². The highest BCUT2D eigenvalue weighted by Gasteiger charge is 2.25. The molecule has 7 nitrogen and oxygen atoms in total. The summed E-state index contributed by atoms with van der Waals surface area (Å²) in [5, 5.41) is 14.1. The molecule has 3 aromatic rings. The maximum Gasteiger partial charge on any atom is 0.277 e. The Balaban J connectivity index is 1.36. The molecule has 1 aliphatic carbocycles. The van der Waals surface area contributed by atoms with E-state index in [0.717, 1.165) is 35.7 Å². The summed E-state index contributed by atoms with van der Waals surface area (Å²) < 4.78 is 5.63. The Morgan fingerprint density at radius 2 is 1.97 bits per heavy atom. The molecule has 2 N–H and O–H groups in total. The molecule has 4 rings (SSSR count). The number of carbonyl (C=O) groups excluding carboxylic acids is 2. The van der Waals surface area contributed by atoms with E-state index in [4.69, 9.17) is 4.42 Å². The average Bonchev–Trinajstić information content (AvgIpc) is 3.40. The lowest BCUT2D eigenvalue weighted by molar-refractivity contribution is -0.113. The zero-order valence-corrected chi connectivity index (χ0v) is 16.7. The lowest BCUT2D eigenvalue weighted by atomic mass is 10.1. The summed E-state index contributed by atoms with van der Waals surface area (Å²) in [5.74, 6) is 0.0834. The molecule has 1 aliphatic rings. The second-order valence-corrected chi connectivity index (χ2v) is 7.80. The minimum absolute atomic E-state index is 0.0913. The Bertz CT molecular complexity index is 1050. The number of aromatic nitrogens is 2. The van der Waals surface area contributed by atoms with Gasteiger partial charge in [-0.05, 0) is 44.0 Å². The molecule has 148 valence electrons. The predicted octanol–water partition coefficient (Wildman–Crippen LogP) is 3.67. The van der Waals surface area contributed by atoms with E-state index < -0.39 is 0 Å². The predicted molar refractivity (Wildman–Crippen MR) is 111 cm³/mol. The monoisotopic (exact) mass is 408 g/mol. The third-order valence-electron chi connectivity index (χ3n) is 4.36. The van der Waals surface area contributed by atoms with Crippen molar-refractivity contribution >= 4 is 29.3 Å². The van der Waals surface area contributed by atoms with Crippen LogP contribution in [0.5, 0.6) is 0 Å². The molecule has 1 fully saturated rings. The first-order valence-corrected chi connectivity index (χ1v) is 10.3. The Kier molecular flexibility index (Phi) is 5.62. The summed E-state index contributed by atoms with van der Waals surface area (Å²) in [5.41, 5.74) is 2.88. The minimum Gasteiger partial charge on any atom is -0.411 e. The van der Waals surface area contributed by atoms with Crippen molar-refractivity contribution in [3.63, 3.8) is 0 Å². The quantitative estimate of drug-likeness (QED) is 0.579. The number of anilines is 1. The highest BCUT2D eigenvalue weighted by molar-refractivity contribution is 7.99. The fraction of sp³-hybridized carbons (Fsp3) is 0.238. The van der Waals surface area contributed by atoms with Crippen molar-refractivity contribution in [2.45, 2.75) is 31.0 Å². The number of carbonyl (C=O) groups is 2. The average molecular weight is 408 g/mol. The van der Waals surface area contributed by atoms with Crippen LogP contribution in [0, 0.1) is 6.92 Å². The van der Waals surface area contributed by atoms with Crippen molar-refractivity contribution in [1.29, 1.82) is 0 Å². The minimum atomic E-state index is -0.253. The molecule has 2 aromatic carbocycles. The summed E-state index contributed by atoms with van der Waals surface area (Å²) in [6.45, 7) is 1.99. The van der Waals surface area contributed by atoms with Gasteiger partial charge in [-0.3, -0.25) is 9.59 Å². The Hall–Kier alpha value is -3.13. The van der Waals surface area contributed by atoms with E-state index in [2.05, 4.69) is 20.8 Å². The normalized spacial score (nSPS) is 13.1. The van der Waals surface area contributed by atoms with Crippen LogP contribution in [0.3, 0.4) is 0 Å². The molecular weight excluding hydrogens is 388 g/mol. The lowest BCUT2D eigenvalue weighted by Crippen LogP contribution is -2.27. The summed E-state index contributed by atoms with van der Waals surface area (Å²) >= 11 is 1.15. The van der Waals surface area contributed by atoms with Gasteiger partial charge >= 0.3 is 0 Å². The fourth-order valence-corrected chi connectivity index (χ4v) is 3.32. The first-order chi connectivity index (χ1) is 14.1. The molecule has 0 saturated heterocycles. The summed E-state index contributed by atoms with van der Waals surface area (Å²) in [4.78, 5) is 24.7. The van der Waals surface area contributed by atoms with Crippen LogP contribution in [-0.2, 0) is 4.79 Å². The van der Waals surface area contributed by atoms with Crippen molar-refractivity contribution in [3.05, 3.63) is 59.7 Å². The number of thioether (sulfide) groups is 1. The number of benzene rings is 2. The van der Waals surface area contributed by atoms with E-state index in [0.29, 0.717) is 22.4 Å². The van der Waals surface area contributed by atoms with Gasteiger partial charge in [0.15, 0.2) is 0 Å². The number of nitrogens with one attached hydrogen (secondary N) is 2. The van der Waals surface area contributed by atoms with Gasteiger partial charge in [0.05, 0.1) is 17.0 Å². The second-order valence-electron chi connectivity index (χ2n) is 6.87. The number of hydrogen-bond donors (Lipinski definition) is 2. The van der Waals surface area contributed by atoms with Crippen LogP contribution in [-0.4, -0.2) is 33.8 Å². The van der Waals surface area contributed by atoms with Gasteiger partial charge in [0.25, 0.3) is 11.1 Å². The van der Waals surface area contributed by atoms with E-state index in [-0.39, 0.29) is 23.6 Å². The maximum absolute atomic E-state index is 12.4. The summed E-state index contributed by atoms with van der Waals surface area (Å²) in [7, 11) is 0. The van der Waals surface area contributed by atoms with Gasteiger partial charge in [0.1, 0.15) is 0 Å². The molecule has 8 heteroatoms. The molecular formula is C21H20N4O3S. The van der Waals surface area contributed by atoms with Crippen LogP contribution < -0.4 is 10.6 Å². The Morgan fingerprint density at radius 3 is 2.76 bits per heavy atom. The second kappa shape index (κ2) is 8.48. The molecule has 29 heavy (non-hydrogen) atoms. The summed E-state index contributed by atoms with van der Waals surface area (Å²) in [6.07, 6.45) is 2.01. The van der Waals surface area contributed by atoms with Gasteiger partial charge in [-0.2, -0.15) is 0 Å². The standard InChI is InChI=1S/C21H20N4O3S/c1-13-5-4-6-14(11-13)20-24-25-21(28-20)29-12-18(26)23-17-8-3-2-7-16(17)19(27)22-15-9-10-15/h2-8,11,15H,9-10,12H2,1H3,(H,22,27)(H,23,26). The molecule has 0 aliphatic heterocycles. The lowest BCUT2D eigenvalue weighted by Gasteiger charge is -2.10. The molecule has 0 radical (unpaired) electrons. The van der Waals surface area contributed by atoms with Gasteiger partial charge in [0, 0.05) is 11.6 Å². The molecule has 1 aromatic heterocycles. The molecule has 0 bridgehead atoms. The Morgan fingerprint density at radius 1 is 1.14 bits per heavy atom. The van der Waals surface area contributed by atoms with Gasteiger partial charge in [-0.25, -0.2) is 0 Å². The van der Waals surface area contributed by atoms with Crippen LogP contribution in [0.15, 0.2) is 58.2 Å². The zero-order valence-electron chi connectivity index (χ0n) is 15.8. The van der Waals surface area contributed by atoms with Gasteiger partial charge in [0.2, 0.25) is 11.8 Å². The first-order valence-electron chi connectivity index (χ1n) is 9.31. The number of nitrogens with zero attached hydrogens (tertiary/aromatic N) is 2. The number of hydrogen-bond acceptors (Lipinski definition) is 6. The largest absolute Gasteiger partial charge is 0.411 e. The molecule has 1 saturated carbocycles. The highest BCUT2D eigenvalue weighted by Crippen LogP contribution is 2.25. The molecule has 2 amide bonds. The molecule has 1 heterocycles. The smallest absolute Gasteiger partial charge is 0.277 e. The van der Waals surface area contributed by atoms with Crippen LogP contribution >= 0.6 is 11.8 Å². The van der Waals surface area contributed by atoms with E-state index in [1.165, 1.54) is 0 Å². The van der Waals surface area contributed by atoms with Gasteiger partial charge in [-0.15, -0.1) is 10.2 Å². The molecule has 0 atom stereocenters. The van der Waals surface area contributed by atoms with E-state index in [9.17, 15) is 9.59 Å². The van der Waals surface area contributed by atoms with Gasteiger partial charge < -0.3 is 15.1 Å². The third-order valence-corrected chi connectivity index (χ3v) is 5.18. The van der Waals surface area contributed by atoms with Crippen molar-refractivity contribution in [3.8, 4) is 11.5 Å². The third kappa shape index (κ3) is 5.03. The Labute approximate surface area is 172 Å². The van der Waals surface area contributed by atoms with Crippen LogP contribution in [0.1, 0.15) is 28.8 Å². The van der Waals surface area contributed by atoms with E-state index >= 15 is 0 Å². The van der Waals surface area contributed by atoms with Crippen molar-refractivity contribution in [2.75, 3.05) is 11.1 Å². The van der Waals surface area contributed by atoms with Crippen LogP contribution in [0.2, 0.25) is 0 Å². The topological polar surface area (TPSA) is 97.1 Å². The number of para-hydroxylation sites is 1. The fourth-order valence-electron chi connectivity index (χ4n) is 2.76. The number of aryl methyl sites for hydroxylation is 1. The number of amides is 2. The zero-order chi connectivity index (χ0) is 20.2. The van der Waals surface area contributed by atoms with Crippen molar-refractivity contribution in [1.82, 2.24) is 15.5 Å². The van der Waals surface area contributed by atoms with E-state index in [1.807, 2.05) is 31.2 Å². The SMILES string of the molecule is Cc1cccc(-c2nnc(SCC(=O)Nc3ccccc3C(=O)NC3CC3)o2)c1. The summed E-state index contributed by atoms with van der Waals surface area (Å²) in [6, 6.07) is 15.0. The van der Waals surface area contributed by atoms with E-state index in [1.54, 1.807) is 24.3 Å². The maximum atomic E-state index is 12.4. The first kappa shape index (κ1) is 19.2. The van der Waals surface area contributed by atoms with Gasteiger partial charge in [-0.1, -0.05) is 41.6 Å². The molecule has 0 unspecified atom stereocenters. The number of rotatable bonds is 7. The van der Waals surface area contributed by atoms with Crippen LogP contribution in [0.4, 0.5) is 5.69 Å². The van der Waals surface area contributed by atoms with Crippen molar-refractivity contribution < 1.29 is 14.0 Å². The molecule has 0 spiro atoms.